The molecule has 0 spiro atoms. The third kappa shape index (κ3) is 6.17. The van der Waals surface area contributed by atoms with Crippen LogP contribution >= 0.6 is 11.6 Å². The van der Waals surface area contributed by atoms with Gasteiger partial charge in [-0.25, -0.2) is 19.4 Å². The fourth-order valence-corrected chi connectivity index (χ4v) is 4.29. The Balaban J connectivity index is 1.37. The number of carbonyl (C=O) groups is 1. The maximum atomic E-state index is 13.1. The van der Waals surface area contributed by atoms with Crippen LogP contribution in [0.15, 0.2) is 73.1 Å². The molecule has 41 heavy (non-hydrogen) atoms. The predicted molar refractivity (Wildman–Crippen MR) is 159 cm³/mol. The summed E-state index contributed by atoms with van der Waals surface area (Å²) in [4.78, 5) is 21.7. The quantitative estimate of drug-likeness (QED) is 0.212. The molecule has 2 amide bonds. The van der Waals surface area contributed by atoms with E-state index in [0.717, 1.165) is 11.4 Å². The fraction of sp³-hybridized carbons (Fsp3) is 0.200. The van der Waals surface area contributed by atoms with Crippen molar-refractivity contribution in [2.45, 2.75) is 26.2 Å². The number of rotatable bonds is 7. The van der Waals surface area contributed by atoms with Crippen LogP contribution in [0.3, 0.4) is 0 Å². The number of nitrogens with zero attached hydrogens (tertiary/aromatic N) is 4. The van der Waals surface area contributed by atoms with Crippen molar-refractivity contribution in [1.29, 1.82) is 0 Å². The van der Waals surface area contributed by atoms with E-state index in [1.807, 2.05) is 18.2 Å². The SMILES string of the molecule is COc1cc2ncnc(Oc3cccc(NC(=O)Nc4cc(C(C)(C)C)nn4-c4cccc(Cl)c4)c3)c2cc1OC. The van der Waals surface area contributed by atoms with Crippen LogP contribution in [0.5, 0.6) is 23.1 Å². The minimum absolute atomic E-state index is 0.233. The van der Waals surface area contributed by atoms with Crippen LogP contribution in [0.25, 0.3) is 16.6 Å². The standard InChI is InChI=1S/C30H29ClN6O4/c1-30(2,3)26-16-27(37(36-26)20-10-6-8-18(31)12-20)35-29(38)34-19-9-7-11-21(13-19)41-28-22-14-24(39-4)25(40-5)15-23(22)32-17-33-28/h6-17H,1-5H3,(H2,34,35,38). The first-order chi connectivity index (χ1) is 19.6. The lowest BCUT2D eigenvalue weighted by atomic mass is 9.92. The molecule has 0 aliphatic rings. The fourth-order valence-electron chi connectivity index (χ4n) is 4.11. The van der Waals surface area contributed by atoms with Crippen molar-refractivity contribution in [1.82, 2.24) is 19.7 Å². The molecule has 11 heteroatoms. The van der Waals surface area contributed by atoms with Crippen molar-refractivity contribution >= 4 is 40.0 Å². The van der Waals surface area contributed by atoms with Gasteiger partial charge in [-0.05, 0) is 36.4 Å². The van der Waals surface area contributed by atoms with E-state index in [-0.39, 0.29) is 5.41 Å². The second kappa shape index (κ2) is 11.3. The second-order valence-electron chi connectivity index (χ2n) is 10.2. The van der Waals surface area contributed by atoms with E-state index in [1.165, 1.54) is 6.33 Å². The summed E-state index contributed by atoms with van der Waals surface area (Å²) >= 11 is 6.22. The van der Waals surface area contributed by atoms with Crippen LogP contribution in [0.1, 0.15) is 26.5 Å². The average Bonchev–Trinajstić information content (AvgIpc) is 3.37. The number of methoxy groups -OCH3 is 2. The highest BCUT2D eigenvalue weighted by atomic mass is 35.5. The maximum Gasteiger partial charge on any atom is 0.324 e. The van der Waals surface area contributed by atoms with Crippen molar-refractivity contribution in [2.75, 3.05) is 24.9 Å². The number of anilines is 2. The van der Waals surface area contributed by atoms with Crippen molar-refractivity contribution in [3.8, 4) is 28.8 Å². The number of carbonyl (C=O) groups excluding carboxylic acids is 1. The minimum atomic E-state index is -0.449. The van der Waals surface area contributed by atoms with E-state index in [4.69, 9.17) is 30.9 Å². The Hall–Kier alpha value is -4.83. The first-order valence-corrected chi connectivity index (χ1v) is 13.1. The molecule has 10 nitrogen and oxygen atoms in total. The summed E-state index contributed by atoms with van der Waals surface area (Å²) in [5.41, 5.74) is 2.46. The molecule has 0 aliphatic heterocycles. The molecule has 5 rings (SSSR count). The van der Waals surface area contributed by atoms with Gasteiger partial charge in [-0.15, -0.1) is 0 Å². The molecule has 0 aliphatic carbocycles. The van der Waals surface area contributed by atoms with Crippen LogP contribution in [0.2, 0.25) is 5.02 Å². The lowest BCUT2D eigenvalue weighted by molar-refractivity contribution is 0.262. The number of urea groups is 1. The molecule has 0 atom stereocenters. The number of hydrogen-bond acceptors (Lipinski definition) is 7. The number of benzene rings is 3. The molecule has 0 fully saturated rings. The summed E-state index contributed by atoms with van der Waals surface area (Å²) in [6, 6.07) is 19.2. The molecule has 0 radical (unpaired) electrons. The molecule has 2 N–H and O–H groups in total. The van der Waals surface area contributed by atoms with Gasteiger partial charge in [0, 0.05) is 34.3 Å². The Morgan fingerprint density at radius 1 is 0.902 bits per heavy atom. The van der Waals surface area contributed by atoms with Gasteiger partial charge in [-0.3, -0.25) is 5.32 Å². The van der Waals surface area contributed by atoms with Crippen molar-refractivity contribution in [2.24, 2.45) is 0 Å². The van der Waals surface area contributed by atoms with Crippen LogP contribution in [-0.2, 0) is 5.41 Å². The molecule has 0 saturated heterocycles. The van der Waals surface area contributed by atoms with E-state index in [2.05, 4.69) is 41.4 Å². The van der Waals surface area contributed by atoms with E-state index in [1.54, 1.807) is 67.4 Å². The molecular formula is C30H29ClN6O4. The second-order valence-corrected chi connectivity index (χ2v) is 10.6. The number of ether oxygens (including phenoxy) is 3. The summed E-state index contributed by atoms with van der Waals surface area (Å²) in [6.45, 7) is 6.17. The summed E-state index contributed by atoms with van der Waals surface area (Å²) in [5, 5.41) is 11.7. The molecule has 0 bridgehead atoms. The summed E-state index contributed by atoms with van der Waals surface area (Å²) in [5.74, 6) is 2.37. The lowest BCUT2D eigenvalue weighted by Gasteiger charge is -2.14. The summed E-state index contributed by atoms with van der Waals surface area (Å²) in [6.07, 6.45) is 1.41. The summed E-state index contributed by atoms with van der Waals surface area (Å²) in [7, 11) is 3.12. The zero-order valence-corrected chi connectivity index (χ0v) is 24.0. The highest BCUT2D eigenvalue weighted by molar-refractivity contribution is 6.30. The normalized spacial score (nSPS) is 11.3. The van der Waals surface area contributed by atoms with E-state index in [0.29, 0.717) is 50.6 Å². The molecule has 0 saturated carbocycles. The first kappa shape index (κ1) is 27.7. The Morgan fingerprint density at radius 3 is 2.39 bits per heavy atom. The highest BCUT2D eigenvalue weighted by Gasteiger charge is 2.22. The number of aromatic nitrogens is 4. The molecule has 210 valence electrons. The van der Waals surface area contributed by atoms with Gasteiger partial charge >= 0.3 is 6.03 Å². The zero-order chi connectivity index (χ0) is 29.1. The van der Waals surface area contributed by atoms with Crippen molar-refractivity contribution in [3.05, 3.63) is 83.8 Å². The van der Waals surface area contributed by atoms with Crippen molar-refractivity contribution < 1.29 is 19.0 Å². The number of nitrogens with one attached hydrogen (secondary N) is 2. The number of hydrogen-bond donors (Lipinski definition) is 2. The number of halogens is 1. The van der Waals surface area contributed by atoms with Gasteiger partial charge in [-0.1, -0.05) is 44.5 Å². The summed E-state index contributed by atoms with van der Waals surface area (Å²) < 4.78 is 18.5. The van der Waals surface area contributed by atoms with Crippen molar-refractivity contribution in [3.63, 3.8) is 0 Å². The first-order valence-electron chi connectivity index (χ1n) is 12.7. The third-order valence-corrected chi connectivity index (χ3v) is 6.42. The molecule has 2 heterocycles. The van der Waals surface area contributed by atoms with Gasteiger partial charge in [-0.2, -0.15) is 5.10 Å². The lowest BCUT2D eigenvalue weighted by Crippen LogP contribution is -2.21. The molecule has 3 aromatic carbocycles. The Bertz CT molecular complexity index is 1730. The van der Waals surface area contributed by atoms with Gasteiger partial charge in [0.25, 0.3) is 0 Å². The number of amides is 2. The maximum absolute atomic E-state index is 13.1. The van der Waals surface area contributed by atoms with Crippen LogP contribution in [0, 0.1) is 0 Å². The largest absolute Gasteiger partial charge is 0.493 e. The smallest absolute Gasteiger partial charge is 0.324 e. The van der Waals surface area contributed by atoms with Gasteiger partial charge in [0.2, 0.25) is 5.88 Å². The molecule has 5 aromatic rings. The Morgan fingerprint density at radius 2 is 1.66 bits per heavy atom. The van der Waals surface area contributed by atoms with Gasteiger partial charge in [0.05, 0.1) is 36.5 Å². The average molecular weight is 573 g/mol. The topological polar surface area (TPSA) is 112 Å². The van der Waals surface area contributed by atoms with Gasteiger partial charge < -0.3 is 19.5 Å². The van der Waals surface area contributed by atoms with Crippen LogP contribution < -0.4 is 24.8 Å². The molecular weight excluding hydrogens is 544 g/mol. The van der Waals surface area contributed by atoms with Gasteiger partial charge in [0.15, 0.2) is 11.5 Å². The Kier molecular flexibility index (Phi) is 7.67. The Labute approximate surface area is 242 Å². The van der Waals surface area contributed by atoms with Crippen LogP contribution in [-0.4, -0.2) is 40.0 Å². The van der Waals surface area contributed by atoms with Crippen LogP contribution in [0.4, 0.5) is 16.3 Å². The van der Waals surface area contributed by atoms with E-state index >= 15 is 0 Å². The van der Waals surface area contributed by atoms with Gasteiger partial charge in [0.1, 0.15) is 17.9 Å². The van der Waals surface area contributed by atoms with E-state index < -0.39 is 6.03 Å². The van der Waals surface area contributed by atoms with E-state index in [9.17, 15) is 4.79 Å². The molecule has 2 aromatic heterocycles. The predicted octanol–water partition coefficient (Wildman–Crippen LogP) is 7.22. The monoisotopic (exact) mass is 572 g/mol. The third-order valence-electron chi connectivity index (χ3n) is 6.18. The molecule has 0 unspecified atom stereocenters. The zero-order valence-electron chi connectivity index (χ0n) is 23.2. The number of fused-ring (bicyclic) bond motifs is 1. The highest BCUT2D eigenvalue weighted by Crippen LogP contribution is 2.36. The minimum Gasteiger partial charge on any atom is -0.493 e.